The summed E-state index contributed by atoms with van der Waals surface area (Å²) in [6.07, 6.45) is 6.33. The first-order chi connectivity index (χ1) is 15.3. The summed E-state index contributed by atoms with van der Waals surface area (Å²) in [5.41, 5.74) is 1.18. The molecule has 0 aliphatic heterocycles. The van der Waals surface area contributed by atoms with Crippen molar-refractivity contribution >= 4 is 56.6 Å². The maximum atomic E-state index is 13.4. The highest BCUT2D eigenvalue weighted by atomic mass is 35.5. The lowest BCUT2D eigenvalue weighted by Crippen LogP contribution is -2.41. The summed E-state index contributed by atoms with van der Waals surface area (Å²) in [5, 5.41) is 4.10. The van der Waals surface area contributed by atoms with Gasteiger partial charge in [-0.2, -0.15) is 11.8 Å². The van der Waals surface area contributed by atoms with Gasteiger partial charge in [0.2, 0.25) is 5.91 Å². The van der Waals surface area contributed by atoms with Crippen molar-refractivity contribution in [3.63, 3.8) is 0 Å². The Morgan fingerprint density at radius 2 is 1.69 bits per heavy atom. The number of halogens is 2. The van der Waals surface area contributed by atoms with E-state index in [-0.39, 0.29) is 23.0 Å². The normalized spacial score (nSPS) is 14.8. The fraction of sp³-hybridized carbons (Fsp3) is 0.435. The van der Waals surface area contributed by atoms with Gasteiger partial charge in [-0.05, 0) is 50.1 Å². The molecule has 5 nitrogen and oxygen atoms in total. The van der Waals surface area contributed by atoms with Gasteiger partial charge in [-0.25, -0.2) is 8.42 Å². The molecule has 0 heterocycles. The second-order valence-electron chi connectivity index (χ2n) is 7.93. The van der Waals surface area contributed by atoms with E-state index >= 15 is 0 Å². The molecule has 174 valence electrons. The van der Waals surface area contributed by atoms with E-state index in [1.54, 1.807) is 12.1 Å². The van der Waals surface area contributed by atoms with Gasteiger partial charge in [0.05, 0.1) is 10.6 Å². The van der Waals surface area contributed by atoms with Crippen LogP contribution in [0, 0.1) is 6.92 Å². The second-order valence-corrected chi connectivity index (χ2v) is 12.1. The van der Waals surface area contributed by atoms with Crippen molar-refractivity contribution in [2.75, 3.05) is 23.1 Å². The van der Waals surface area contributed by atoms with Crippen molar-refractivity contribution in [2.45, 2.75) is 49.2 Å². The van der Waals surface area contributed by atoms with Crippen LogP contribution in [0.2, 0.25) is 10.0 Å². The number of anilines is 1. The Hall–Kier alpha value is -1.41. The van der Waals surface area contributed by atoms with Crippen LogP contribution in [0.5, 0.6) is 0 Å². The lowest BCUT2D eigenvalue weighted by Gasteiger charge is -2.25. The van der Waals surface area contributed by atoms with Crippen LogP contribution in [0.1, 0.15) is 37.7 Å². The van der Waals surface area contributed by atoms with Crippen molar-refractivity contribution in [1.29, 1.82) is 0 Å². The molecular weight excluding hydrogens is 487 g/mol. The first-order valence-electron chi connectivity index (χ1n) is 10.7. The van der Waals surface area contributed by atoms with Crippen LogP contribution in [0.25, 0.3) is 0 Å². The minimum Gasteiger partial charge on any atom is -0.354 e. The smallest absolute Gasteiger partial charge is 0.264 e. The average Bonchev–Trinajstić information content (AvgIpc) is 2.75. The SMILES string of the molecule is Cc1ccc(S(=O)(=O)N(CC(=O)NCCSC2CCCCC2)c2cc(Cl)cc(Cl)c2)cc1. The molecule has 2 aromatic rings. The fourth-order valence-corrected chi connectivity index (χ4v) is 6.81. The predicted octanol–water partition coefficient (Wildman–Crippen LogP) is 5.68. The quantitative estimate of drug-likeness (QED) is 0.437. The molecule has 1 saturated carbocycles. The van der Waals surface area contributed by atoms with Crippen LogP contribution in [0.15, 0.2) is 47.4 Å². The van der Waals surface area contributed by atoms with Gasteiger partial charge >= 0.3 is 0 Å². The van der Waals surface area contributed by atoms with E-state index in [0.717, 1.165) is 15.6 Å². The Balaban J connectivity index is 1.72. The summed E-state index contributed by atoms with van der Waals surface area (Å²) in [7, 11) is -4.00. The zero-order valence-corrected chi connectivity index (χ0v) is 21.2. The van der Waals surface area contributed by atoms with Crippen LogP contribution >= 0.6 is 35.0 Å². The Labute approximate surface area is 204 Å². The average molecular weight is 516 g/mol. The highest BCUT2D eigenvalue weighted by Crippen LogP contribution is 2.30. The molecule has 1 aliphatic carbocycles. The minimum atomic E-state index is -4.00. The molecule has 1 aliphatic rings. The number of nitrogens with one attached hydrogen (secondary N) is 1. The van der Waals surface area contributed by atoms with Gasteiger partial charge in [0.15, 0.2) is 0 Å². The van der Waals surface area contributed by atoms with E-state index in [4.69, 9.17) is 23.2 Å². The first-order valence-corrected chi connectivity index (χ1v) is 13.9. The van der Waals surface area contributed by atoms with Gasteiger partial charge < -0.3 is 5.32 Å². The summed E-state index contributed by atoms with van der Waals surface area (Å²) in [4.78, 5) is 12.8. The number of aryl methyl sites for hydroxylation is 1. The minimum absolute atomic E-state index is 0.0971. The molecule has 9 heteroatoms. The molecule has 3 rings (SSSR count). The van der Waals surface area contributed by atoms with Gasteiger partial charge in [-0.15, -0.1) is 0 Å². The third-order valence-corrected chi connectivity index (χ3v) is 8.97. The molecule has 0 aromatic heterocycles. The zero-order chi connectivity index (χ0) is 23.1. The van der Waals surface area contributed by atoms with Crippen LogP contribution in [-0.4, -0.2) is 38.4 Å². The Bertz CT molecular complexity index is 1000. The summed E-state index contributed by atoms with van der Waals surface area (Å²) in [6, 6.07) is 11.0. The highest BCUT2D eigenvalue weighted by molar-refractivity contribution is 7.99. The number of hydrogen-bond donors (Lipinski definition) is 1. The molecule has 0 saturated heterocycles. The van der Waals surface area contributed by atoms with Gasteiger partial charge in [-0.1, -0.05) is 60.2 Å². The van der Waals surface area contributed by atoms with Crippen molar-refractivity contribution < 1.29 is 13.2 Å². The number of thioether (sulfide) groups is 1. The van der Waals surface area contributed by atoms with E-state index < -0.39 is 10.0 Å². The van der Waals surface area contributed by atoms with E-state index in [2.05, 4.69) is 5.32 Å². The highest BCUT2D eigenvalue weighted by Gasteiger charge is 2.27. The fourth-order valence-electron chi connectivity index (χ4n) is 3.67. The van der Waals surface area contributed by atoms with Crippen molar-refractivity contribution in [3.8, 4) is 0 Å². The maximum Gasteiger partial charge on any atom is 0.264 e. The molecule has 1 amide bonds. The molecule has 0 atom stereocenters. The molecular formula is C23H28Cl2N2O3S2. The number of hydrogen-bond acceptors (Lipinski definition) is 4. The van der Waals surface area contributed by atoms with Crippen molar-refractivity contribution in [3.05, 3.63) is 58.1 Å². The number of benzene rings is 2. The number of carbonyl (C=O) groups is 1. The van der Waals surface area contributed by atoms with Crippen LogP contribution < -0.4 is 9.62 Å². The number of amides is 1. The summed E-state index contributed by atoms with van der Waals surface area (Å²) < 4.78 is 27.8. The van der Waals surface area contributed by atoms with Gasteiger partial charge in [0.25, 0.3) is 10.0 Å². The van der Waals surface area contributed by atoms with Crippen LogP contribution in [-0.2, 0) is 14.8 Å². The molecule has 1 N–H and O–H groups in total. The zero-order valence-electron chi connectivity index (χ0n) is 18.0. The molecule has 0 bridgehead atoms. The molecule has 0 radical (unpaired) electrons. The van der Waals surface area contributed by atoms with Crippen LogP contribution in [0.3, 0.4) is 0 Å². The van der Waals surface area contributed by atoms with Gasteiger partial charge in [0, 0.05) is 27.6 Å². The van der Waals surface area contributed by atoms with E-state index in [9.17, 15) is 13.2 Å². The van der Waals surface area contributed by atoms with Gasteiger partial charge in [0.1, 0.15) is 6.54 Å². The Kier molecular flexibility index (Phi) is 9.17. The summed E-state index contributed by atoms with van der Waals surface area (Å²) in [5.74, 6) is 0.436. The predicted molar refractivity (Wildman–Crippen MR) is 135 cm³/mol. The third-order valence-electron chi connectivity index (χ3n) is 5.36. The van der Waals surface area contributed by atoms with Crippen molar-refractivity contribution in [2.24, 2.45) is 0 Å². The molecule has 1 fully saturated rings. The lowest BCUT2D eigenvalue weighted by atomic mass is 10.0. The topological polar surface area (TPSA) is 66.5 Å². The lowest BCUT2D eigenvalue weighted by molar-refractivity contribution is -0.119. The maximum absolute atomic E-state index is 13.4. The summed E-state index contributed by atoms with van der Waals surface area (Å²) in [6.45, 7) is 2.01. The monoisotopic (exact) mass is 514 g/mol. The largest absolute Gasteiger partial charge is 0.354 e. The number of nitrogens with zero attached hydrogens (tertiary/aromatic N) is 1. The van der Waals surface area contributed by atoms with Gasteiger partial charge in [-0.3, -0.25) is 9.10 Å². The molecule has 32 heavy (non-hydrogen) atoms. The standard InChI is InChI=1S/C23H28Cl2N2O3S2/c1-17-7-9-22(10-8-17)32(29,30)27(20-14-18(24)13-19(25)15-20)16-23(28)26-11-12-31-21-5-3-2-4-6-21/h7-10,13-15,21H,2-6,11-12,16H2,1H3,(H,26,28). The van der Waals surface area contributed by atoms with Crippen LogP contribution in [0.4, 0.5) is 5.69 Å². The number of sulfonamides is 1. The van der Waals surface area contributed by atoms with E-state index in [1.165, 1.54) is 62.4 Å². The number of rotatable bonds is 9. The Morgan fingerprint density at radius 3 is 2.31 bits per heavy atom. The second kappa shape index (κ2) is 11.6. The van der Waals surface area contributed by atoms with E-state index in [0.29, 0.717) is 21.8 Å². The number of carbonyl (C=O) groups excluding carboxylic acids is 1. The molecule has 2 aromatic carbocycles. The van der Waals surface area contributed by atoms with Crippen molar-refractivity contribution in [1.82, 2.24) is 5.32 Å². The van der Waals surface area contributed by atoms with E-state index in [1.807, 2.05) is 18.7 Å². The molecule has 0 unspecified atom stereocenters. The Morgan fingerprint density at radius 1 is 1.06 bits per heavy atom. The first kappa shape index (κ1) is 25.2. The molecule has 0 spiro atoms. The summed E-state index contributed by atoms with van der Waals surface area (Å²) >= 11 is 14.1. The third kappa shape index (κ3) is 7.04.